The summed E-state index contributed by atoms with van der Waals surface area (Å²) in [6.45, 7) is 2.83. The van der Waals surface area contributed by atoms with Crippen LogP contribution in [0.2, 0.25) is 0 Å². The predicted molar refractivity (Wildman–Crippen MR) is 43.8 cm³/mol. The molecule has 1 amide bonds. The summed E-state index contributed by atoms with van der Waals surface area (Å²) in [7, 11) is 0. The SMILES string of the molecule is Cc1ccc(N2CNC(=O)C2)o1. The Hall–Kier alpha value is -1.45. The first-order valence-electron chi connectivity index (χ1n) is 3.84. The summed E-state index contributed by atoms with van der Waals surface area (Å²) in [5, 5.41) is 2.70. The van der Waals surface area contributed by atoms with E-state index in [0.717, 1.165) is 11.6 Å². The second-order valence-corrected chi connectivity index (χ2v) is 2.84. The van der Waals surface area contributed by atoms with E-state index in [9.17, 15) is 4.79 Å². The van der Waals surface area contributed by atoms with E-state index in [-0.39, 0.29) is 5.91 Å². The molecule has 0 radical (unpaired) electrons. The molecule has 2 heterocycles. The van der Waals surface area contributed by atoms with Gasteiger partial charge in [0.2, 0.25) is 5.91 Å². The average molecular weight is 166 g/mol. The third-order valence-electron chi connectivity index (χ3n) is 1.84. The van der Waals surface area contributed by atoms with Crippen LogP contribution in [0.4, 0.5) is 5.88 Å². The van der Waals surface area contributed by atoms with Crippen LogP contribution in [0.15, 0.2) is 16.5 Å². The normalized spacial score (nSPS) is 16.8. The molecule has 0 saturated carbocycles. The van der Waals surface area contributed by atoms with Crippen molar-refractivity contribution in [3.05, 3.63) is 17.9 Å². The highest BCUT2D eigenvalue weighted by molar-refractivity contribution is 5.83. The fourth-order valence-corrected chi connectivity index (χ4v) is 1.22. The van der Waals surface area contributed by atoms with E-state index in [4.69, 9.17) is 4.42 Å². The van der Waals surface area contributed by atoms with E-state index in [0.29, 0.717) is 13.2 Å². The minimum atomic E-state index is 0.0454. The largest absolute Gasteiger partial charge is 0.446 e. The number of anilines is 1. The number of furan rings is 1. The minimum absolute atomic E-state index is 0.0454. The van der Waals surface area contributed by atoms with Gasteiger partial charge in [0, 0.05) is 6.07 Å². The molecule has 1 aromatic rings. The van der Waals surface area contributed by atoms with Crippen molar-refractivity contribution in [2.24, 2.45) is 0 Å². The summed E-state index contributed by atoms with van der Waals surface area (Å²) >= 11 is 0. The lowest BCUT2D eigenvalue weighted by atomic mass is 10.5. The summed E-state index contributed by atoms with van der Waals surface area (Å²) in [4.78, 5) is 12.7. The highest BCUT2D eigenvalue weighted by atomic mass is 16.4. The topological polar surface area (TPSA) is 45.5 Å². The Labute approximate surface area is 70.2 Å². The molecule has 1 N–H and O–H groups in total. The fraction of sp³-hybridized carbons (Fsp3) is 0.375. The van der Waals surface area contributed by atoms with Crippen molar-refractivity contribution < 1.29 is 9.21 Å². The van der Waals surface area contributed by atoms with E-state index < -0.39 is 0 Å². The first kappa shape index (κ1) is 7.21. The molecule has 0 spiro atoms. The first-order chi connectivity index (χ1) is 5.75. The Morgan fingerprint density at radius 3 is 2.92 bits per heavy atom. The number of carbonyl (C=O) groups is 1. The summed E-state index contributed by atoms with van der Waals surface area (Å²) in [5.74, 6) is 1.67. The van der Waals surface area contributed by atoms with Crippen molar-refractivity contribution in [2.75, 3.05) is 18.1 Å². The van der Waals surface area contributed by atoms with Crippen molar-refractivity contribution >= 4 is 11.8 Å². The van der Waals surface area contributed by atoms with Crippen LogP contribution in [0.25, 0.3) is 0 Å². The van der Waals surface area contributed by atoms with Crippen LogP contribution in [-0.4, -0.2) is 19.1 Å². The molecule has 0 unspecified atom stereocenters. The maximum Gasteiger partial charge on any atom is 0.241 e. The van der Waals surface area contributed by atoms with Crippen molar-refractivity contribution in [3.63, 3.8) is 0 Å². The lowest BCUT2D eigenvalue weighted by Crippen LogP contribution is -2.20. The zero-order chi connectivity index (χ0) is 8.55. The summed E-state index contributed by atoms with van der Waals surface area (Å²) in [5.41, 5.74) is 0. The molecular formula is C8H10N2O2. The summed E-state index contributed by atoms with van der Waals surface area (Å²) < 4.78 is 5.35. The number of nitrogens with one attached hydrogen (secondary N) is 1. The van der Waals surface area contributed by atoms with E-state index in [1.165, 1.54) is 0 Å². The molecule has 4 heteroatoms. The molecule has 1 aromatic heterocycles. The lowest BCUT2D eigenvalue weighted by molar-refractivity contribution is -0.118. The molecule has 0 aromatic carbocycles. The van der Waals surface area contributed by atoms with Crippen LogP contribution < -0.4 is 10.2 Å². The molecular weight excluding hydrogens is 156 g/mol. The number of hydrogen-bond donors (Lipinski definition) is 1. The Balaban J connectivity index is 2.15. The van der Waals surface area contributed by atoms with Gasteiger partial charge in [-0.2, -0.15) is 0 Å². The molecule has 1 saturated heterocycles. The van der Waals surface area contributed by atoms with Gasteiger partial charge in [0.15, 0.2) is 5.88 Å². The van der Waals surface area contributed by atoms with Crippen LogP contribution >= 0.6 is 0 Å². The predicted octanol–water partition coefficient (Wildman–Crippen LogP) is 0.482. The van der Waals surface area contributed by atoms with Crippen LogP contribution in [0.1, 0.15) is 5.76 Å². The molecule has 2 rings (SSSR count). The highest BCUT2D eigenvalue weighted by Gasteiger charge is 2.20. The summed E-state index contributed by atoms with van der Waals surface area (Å²) in [6.07, 6.45) is 0. The molecule has 12 heavy (non-hydrogen) atoms. The molecule has 0 bridgehead atoms. The molecule has 1 aliphatic heterocycles. The Morgan fingerprint density at radius 2 is 2.42 bits per heavy atom. The zero-order valence-electron chi connectivity index (χ0n) is 6.83. The minimum Gasteiger partial charge on any atom is -0.446 e. The van der Waals surface area contributed by atoms with Crippen molar-refractivity contribution in [1.82, 2.24) is 5.32 Å². The average Bonchev–Trinajstić information content (AvgIpc) is 2.58. The van der Waals surface area contributed by atoms with E-state index in [1.54, 1.807) is 0 Å². The van der Waals surface area contributed by atoms with E-state index in [1.807, 2.05) is 24.0 Å². The molecule has 1 fully saturated rings. The van der Waals surface area contributed by atoms with Gasteiger partial charge in [0.1, 0.15) is 12.3 Å². The molecule has 4 nitrogen and oxygen atoms in total. The summed E-state index contributed by atoms with van der Waals surface area (Å²) in [6, 6.07) is 3.76. The van der Waals surface area contributed by atoms with Crippen molar-refractivity contribution in [3.8, 4) is 0 Å². The first-order valence-corrected chi connectivity index (χ1v) is 3.84. The standard InChI is InChI=1S/C8H10N2O2/c1-6-2-3-8(12-6)10-4-7(11)9-5-10/h2-3H,4-5H2,1H3,(H,9,11). The third kappa shape index (κ3) is 1.15. The Kier molecular flexibility index (Phi) is 1.53. The highest BCUT2D eigenvalue weighted by Crippen LogP contribution is 2.18. The zero-order valence-corrected chi connectivity index (χ0v) is 6.83. The number of rotatable bonds is 1. The van der Waals surface area contributed by atoms with Crippen LogP contribution in [0, 0.1) is 6.92 Å². The van der Waals surface area contributed by atoms with E-state index >= 15 is 0 Å². The van der Waals surface area contributed by atoms with Gasteiger partial charge in [-0.1, -0.05) is 0 Å². The second kappa shape index (κ2) is 2.55. The van der Waals surface area contributed by atoms with Gasteiger partial charge < -0.3 is 14.6 Å². The fourth-order valence-electron chi connectivity index (χ4n) is 1.22. The molecule has 1 aliphatic rings. The number of amides is 1. The molecule has 64 valence electrons. The van der Waals surface area contributed by atoms with Crippen LogP contribution in [0.5, 0.6) is 0 Å². The number of hydrogen-bond acceptors (Lipinski definition) is 3. The van der Waals surface area contributed by atoms with E-state index in [2.05, 4.69) is 5.32 Å². The van der Waals surface area contributed by atoms with Crippen LogP contribution in [0.3, 0.4) is 0 Å². The van der Waals surface area contributed by atoms with Crippen LogP contribution in [-0.2, 0) is 4.79 Å². The van der Waals surface area contributed by atoms with Gasteiger partial charge in [-0.15, -0.1) is 0 Å². The molecule has 0 atom stereocenters. The molecule has 0 aliphatic carbocycles. The van der Waals surface area contributed by atoms with Gasteiger partial charge in [-0.3, -0.25) is 4.79 Å². The van der Waals surface area contributed by atoms with Gasteiger partial charge in [0.25, 0.3) is 0 Å². The Bertz CT molecular complexity index is 306. The van der Waals surface area contributed by atoms with Crippen molar-refractivity contribution in [1.29, 1.82) is 0 Å². The number of nitrogens with zero attached hydrogens (tertiary/aromatic N) is 1. The van der Waals surface area contributed by atoms with Gasteiger partial charge in [-0.05, 0) is 13.0 Å². The van der Waals surface area contributed by atoms with Gasteiger partial charge >= 0.3 is 0 Å². The smallest absolute Gasteiger partial charge is 0.241 e. The third-order valence-corrected chi connectivity index (χ3v) is 1.84. The number of carbonyl (C=O) groups excluding carboxylic acids is 1. The Morgan fingerprint density at radius 1 is 1.58 bits per heavy atom. The number of aryl methyl sites for hydroxylation is 1. The van der Waals surface area contributed by atoms with Crippen molar-refractivity contribution in [2.45, 2.75) is 6.92 Å². The van der Waals surface area contributed by atoms with Gasteiger partial charge in [-0.25, -0.2) is 0 Å². The van der Waals surface area contributed by atoms with Gasteiger partial charge in [0.05, 0.1) is 6.67 Å². The maximum atomic E-state index is 10.8. The lowest BCUT2D eigenvalue weighted by Gasteiger charge is -2.09. The monoisotopic (exact) mass is 166 g/mol. The quantitative estimate of drug-likeness (QED) is 0.660. The second-order valence-electron chi connectivity index (χ2n) is 2.84. The maximum absolute atomic E-state index is 10.8.